The first-order valence-corrected chi connectivity index (χ1v) is 13.3. The van der Waals surface area contributed by atoms with Crippen LogP contribution in [0.3, 0.4) is 0 Å². The quantitative estimate of drug-likeness (QED) is 0.449. The van der Waals surface area contributed by atoms with Gasteiger partial charge in [0.25, 0.3) is 17.7 Å². The van der Waals surface area contributed by atoms with Gasteiger partial charge in [-0.2, -0.15) is 0 Å². The normalized spacial score (nSPS) is 19.3. The van der Waals surface area contributed by atoms with Crippen molar-refractivity contribution in [3.63, 3.8) is 0 Å². The number of amides is 3. The van der Waals surface area contributed by atoms with Gasteiger partial charge >= 0.3 is 0 Å². The second-order valence-electron chi connectivity index (χ2n) is 10.0. The Labute approximate surface area is 227 Å². The number of carbonyl (C=O) groups excluding carboxylic acids is 3. The molecule has 4 N–H and O–H groups in total. The van der Waals surface area contributed by atoms with Gasteiger partial charge in [0.05, 0.1) is 16.9 Å². The zero-order chi connectivity index (χ0) is 27.2. The third-order valence-electron chi connectivity index (χ3n) is 7.37. The van der Waals surface area contributed by atoms with Crippen molar-refractivity contribution in [2.75, 3.05) is 36.4 Å². The number of carbonyl (C=O) groups is 3. The highest BCUT2D eigenvalue weighted by molar-refractivity contribution is 6.07. The lowest BCUT2D eigenvalue weighted by atomic mass is 9.91. The van der Waals surface area contributed by atoms with Crippen molar-refractivity contribution in [2.45, 2.75) is 37.8 Å². The fourth-order valence-corrected chi connectivity index (χ4v) is 5.11. The van der Waals surface area contributed by atoms with Gasteiger partial charge in [0.2, 0.25) is 0 Å². The second kappa shape index (κ2) is 12.0. The molecule has 0 radical (unpaired) electrons. The van der Waals surface area contributed by atoms with Crippen LogP contribution in [0.25, 0.3) is 0 Å². The van der Waals surface area contributed by atoms with Crippen molar-refractivity contribution in [2.24, 2.45) is 5.73 Å². The monoisotopic (exact) mass is 527 g/mol. The van der Waals surface area contributed by atoms with E-state index in [9.17, 15) is 14.4 Å². The maximum atomic E-state index is 13.1. The van der Waals surface area contributed by atoms with Crippen LogP contribution in [0.4, 0.5) is 11.4 Å². The van der Waals surface area contributed by atoms with Crippen molar-refractivity contribution >= 4 is 29.1 Å². The van der Waals surface area contributed by atoms with Gasteiger partial charge < -0.3 is 26.2 Å². The van der Waals surface area contributed by atoms with Gasteiger partial charge in [-0.15, -0.1) is 0 Å². The minimum Gasteiger partial charge on any atom is -0.366 e. The standard InChI is InChI=1S/C29H33N7O3/c30-23-4-6-24(7-5-23)33-28(38)21-3-8-26(25(18-21)34-27(37)20-9-12-31-13-10-20)35-14-16-36(17-15-35)29(39)22-2-1-11-32-19-22/h1-3,8-13,18-19,23-24H,4-7,14-17,30H2,(H,33,38)(H,34,37). The maximum Gasteiger partial charge on any atom is 0.255 e. The van der Waals surface area contributed by atoms with E-state index in [1.54, 1.807) is 66.1 Å². The summed E-state index contributed by atoms with van der Waals surface area (Å²) in [6.07, 6.45) is 9.86. The summed E-state index contributed by atoms with van der Waals surface area (Å²) in [6.45, 7) is 2.21. The average molecular weight is 528 g/mol. The van der Waals surface area contributed by atoms with Crippen LogP contribution in [0.2, 0.25) is 0 Å². The Balaban J connectivity index is 1.33. The summed E-state index contributed by atoms with van der Waals surface area (Å²) in [4.78, 5) is 51.0. The summed E-state index contributed by atoms with van der Waals surface area (Å²) in [5.41, 5.74) is 8.86. The molecule has 2 fully saturated rings. The molecule has 3 heterocycles. The van der Waals surface area contributed by atoms with Crippen LogP contribution >= 0.6 is 0 Å². The Kier molecular flexibility index (Phi) is 8.12. The van der Waals surface area contributed by atoms with E-state index < -0.39 is 0 Å². The predicted molar refractivity (Wildman–Crippen MR) is 149 cm³/mol. The van der Waals surface area contributed by atoms with Gasteiger partial charge in [-0.05, 0) is 68.1 Å². The van der Waals surface area contributed by atoms with Crippen LogP contribution < -0.4 is 21.3 Å². The van der Waals surface area contributed by atoms with Crippen molar-refractivity contribution in [3.05, 3.63) is 83.9 Å². The van der Waals surface area contributed by atoms with Crippen molar-refractivity contribution in [3.8, 4) is 0 Å². The van der Waals surface area contributed by atoms with Crippen LogP contribution in [0.15, 0.2) is 67.3 Å². The van der Waals surface area contributed by atoms with Crippen LogP contribution in [-0.4, -0.2) is 70.9 Å². The smallest absolute Gasteiger partial charge is 0.255 e. The van der Waals surface area contributed by atoms with E-state index in [2.05, 4.69) is 25.5 Å². The molecule has 2 aliphatic rings. The van der Waals surface area contributed by atoms with Crippen LogP contribution in [0.1, 0.15) is 56.8 Å². The van der Waals surface area contributed by atoms with E-state index in [-0.39, 0.29) is 29.8 Å². The molecule has 10 heteroatoms. The maximum absolute atomic E-state index is 13.1. The number of nitrogens with one attached hydrogen (secondary N) is 2. The van der Waals surface area contributed by atoms with Gasteiger partial charge in [0.1, 0.15) is 0 Å². The SMILES string of the molecule is NC1CCC(NC(=O)c2ccc(N3CCN(C(=O)c4cccnc4)CC3)c(NC(=O)c3ccncc3)c2)CC1. The first-order chi connectivity index (χ1) is 19.0. The number of nitrogens with zero attached hydrogens (tertiary/aromatic N) is 4. The summed E-state index contributed by atoms with van der Waals surface area (Å²) in [5, 5.41) is 6.12. The number of hydrogen-bond acceptors (Lipinski definition) is 7. The highest BCUT2D eigenvalue weighted by atomic mass is 16.2. The van der Waals surface area contributed by atoms with E-state index in [4.69, 9.17) is 5.73 Å². The summed E-state index contributed by atoms with van der Waals surface area (Å²) in [6, 6.07) is 12.5. The molecule has 202 valence electrons. The summed E-state index contributed by atoms with van der Waals surface area (Å²) < 4.78 is 0. The van der Waals surface area contributed by atoms with Crippen molar-refractivity contribution in [1.82, 2.24) is 20.2 Å². The molecule has 1 aliphatic carbocycles. The molecule has 1 aliphatic heterocycles. The van der Waals surface area contributed by atoms with Crippen molar-refractivity contribution < 1.29 is 14.4 Å². The largest absolute Gasteiger partial charge is 0.366 e. The second-order valence-corrected chi connectivity index (χ2v) is 10.0. The molecule has 0 bridgehead atoms. The molecule has 10 nitrogen and oxygen atoms in total. The Morgan fingerprint density at radius 1 is 0.795 bits per heavy atom. The van der Waals surface area contributed by atoms with Gasteiger partial charge in [0, 0.05) is 74.2 Å². The van der Waals surface area contributed by atoms with Crippen LogP contribution in [0.5, 0.6) is 0 Å². The molecule has 1 aromatic carbocycles. The minimum atomic E-state index is -0.289. The van der Waals surface area contributed by atoms with Gasteiger partial charge in [-0.3, -0.25) is 24.4 Å². The van der Waals surface area contributed by atoms with Gasteiger partial charge in [0.15, 0.2) is 0 Å². The summed E-state index contributed by atoms with van der Waals surface area (Å²) in [5.74, 6) is -0.513. The Morgan fingerprint density at radius 3 is 2.23 bits per heavy atom. The lowest BCUT2D eigenvalue weighted by Crippen LogP contribution is -2.49. The zero-order valence-corrected chi connectivity index (χ0v) is 21.8. The van der Waals surface area contributed by atoms with E-state index in [1.807, 2.05) is 6.07 Å². The van der Waals surface area contributed by atoms with E-state index in [1.165, 1.54) is 0 Å². The first-order valence-electron chi connectivity index (χ1n) is 13.3. The highest BCUT2D eigenvalue weighted by Crippen LogP contribution is 2.29. The number of aromatic nitrogens is 2. The molecular weight excluding hydrogens is 494 g/mol. The molecular formula is C29H33N7O3. The van der Waals surface area contributed by atoms with E-state index >= 15 is 0 Å². The average Bonchev–Trinajstić information content (AvgIpc) is 2.99. The van der Waals surface area contributed by atoms with Crippen LogP contribution in [0, 0.1) is 0 Å². The molecule has 1 saturated heterocycles. The van der Waals surface area contributed by atoms with Gasteiger partial charge in [-0.1, -0.05) is 0 Å². The van der Waals surface area contributed by atoms with Crippen molar-refractivity contribution in [1.29, 1.82) is 0 Å². The summed E-state index contributed by atoms with van der Waals surface area (Å²) in [7, 11) is 0. The molecule has 0 spiro atoms. The Bertz CT molecular complexity index is 1300. The fraction of sp³-hybridized carbons (Fsp3) is 0.345. The number of nitrogens with two attached hydrogens (primary N) is 1. The highest BCUT2D eigenvalue weighted by Gasteiger charge is 2.26. The number of anilines is 2. The number of rotatable bonds is 6. The molecule has 5 rings (SSSR count). The molecule has 2 aromatic heterocycles. The molecule has 39 heavy (non-hydrogen) atoms. The van der Waals surface area contributed by atoms with Crippen LogP contribution in [-0.2, 0) is 0 Å². The lowest BCUT2D eigenvalue weighted by Gasteiger charge is -2.37. The predicted octanol–water partition coefficient (Wildman–Crippen LogP) is 2.69. The number of hydrogen-bond donors (Lipinski definition) is 3. The molecule has 0 atom stereocenters. The van der Waals surface area contributed by atoms with E-state index in [0.29, 0.717) is 48.6 Å². The molecule has 0 unspecified atom stereocenters. The van der Waals surface area contributed by atoms with E-state index in [0.717, 1.165) is 31.4 Å². The molecule has 1 saturated carbocycles. The molecule has 3 aromatic rings. The Hall–Kier alpha value is -4.31. The number of pyridine rings is 2. The number of piperazine rings is 1. The minimum absolute atomic E-state index is 0.0512. The fourth-order valence-electron chi connectivity index (χ4n) is 5.11. The Morgan fingerprint density at radius 2 is 1.54 bits per heavy atom. The lowest BCUT2D eigenvalue weighted by molar-refractivity contribution is 0.0746. The third-order valence-corrected chi connectivity index (χ3v) is 7.37. The van der Waals surface area contributed by atoms with Gasteiger partial charge in [-0.25, -0.2) is 0 Å². The molecule has 3 amide bonds. The third kappa shape index (κ3) is 6.40. The zero-order valence-electron chi connectivity index (χ0n) is 21.8. The summed E-state index contributed by atoms with van der Waals surface area (Å²) >= 11 is 0. The first kappa shape index (κ1) is 26.3. The topological polar surface area (TPSA) is 134 Å². The number of benzene rings is 1.